The second kappa shape index (κ2) is 5.68. The van der Waals surface area contributed by atoms with Crippen molar-refractivity contribution < 1.29 is 8.42 Å². The third kappa shape index (κ3) is 3.02. The largest absolute Gasteiger partial charge is 0.283 e. The number of rotatable bonds is 5. The number of benzene rings is 1. The van der Waals surface area contributed by atoms with E-state index in [-0.39, 0.29) is 28.1 Å². The SMILES string of the molecule is O=c1[nH][nH]c(=O)c2c(NS(=O)(=O)CCCCl)cccc12. The summed E-state index contributed by atoms with van der Waals surface area (Å²) in [6, 6.07) is 4.37. The van der Waals surface area contributed by atoms with Crippen LogP contribution < -0.4 is 15.8 Å². The first-order valence-corrected chi connectivity index (χ1v) is 7.93. The molecule has 0 aliphatic rings. The molecule has 0 radical (unpaired) electrons. The summed E-state index contributed by atoms with van der Waals surface area (Å²) in [5, 5.41) is 4.46. The van der Waals surface area contributed by atoms with E-state index in [0.717, 1.165) is 0 Å². The highest BCUT2D eigenvalue weighted by Crippen LogP contribution is 2.18. The first kappa shape index (κ1) is 14.6. The fraction of sp³-hybridized carbons (Fsp3) is 0.273. The topological polar surface area (TPSA) is 112 Å². The van der Waals surface area contributed by atoms with Gasteiger partial charge in [0, 0.05) is 5.88 Å². The van der Waals surface area contributed by atoms with E-state index >= 15 is 0 Å². The molecule has 0 saturated heterocycles. The molecular formula is C11H12ClN3O4S. The number of hydrogen-bond acceptors (Lipinski definition) is 4. The van der Waals surface area contributed by atoms with Crippen molar-refractivity contribution in [2.24, 2.45) is 0 Å². The normalized spacial score (nSPS) is 11.7. The summed E-state index contributed by atoms with van der Waals surface area (Å²) in [5.74, 6) is 0.0602. The van der Waals surface area contributed by atoms with Crippen molar-refractivity contribution in [3.63, 3.8) is 0 Å². The van der Waals surface area contributed by atoms with Gasteiger partial charge in [0.2, 0.25) is 10.0 Å². The average Bonchev–Trinajstić information content (AvgIpc) is 2.40. The van der Waals surface area contributed by atoms with Gasteiger partial charge in [-0.2, -0.15) is 0 Å². The molecule has 0 aliphatic heterocycles. The molecule has 0 saturated carbocycles. The maximum atomic E-state index is 11.8. The molecule has 3 N–H and O–H groups in total. The molecule has 0 unspecified atom stereocenters. The quantitative estimate of drug-likeness (QED) is 0.700. The molecule has 2 rings (SSSR count). The molecule has 1 aromatic carbocycles. The molecule has 20 heavy (non-hydrogen) atoms. The van der Waals surface area contributed by atoms with Crippen LogP contribution in [-0.4, -0.2) is 30.2 Å². The van der Waals surface area contributed by atoms with Gasteiger partial charge in [-0.3, -0.25) is 24.5 Å². The Kier molecular flexibility index (Phi) is 4.15. The summed E-state index contributed by atoms with van der Waals surface area (Å²) in [6.45, 7) is 0. The Morgan fingerprint density at radius 2 is 1.85 bits per heavy atom. The molecule has 0 amide bonds. The van der Waals surface area contributed by atoms with Crippen LogP contribution in [0.1, 0.15) is 6.42 Å². The van der Waals surface area contributed by atoms with Gasteiger partial charge in [0.05, 0.1) is 22.2 Å². The number of halogens is 1. The summed E-state index contributed by atoms with van der Waals surface area (Å²) < 4.78 is 26.0. The molecule has 108 valence electrons. The molecule has 0 spiro atoms. The van der Waals surface area contributed by atoms with Crippen LogP contribution in [0.25, 0.3) is 10.8 Å². The molecule has 0 atom stereocenters. The molecule has 0 aliphatic carbocycles. The molecule has 9 heteroatoms. The minimum Gasteiger partial charge on any atom is -0.283 e. The highest BCUT2D eigenvalue weighted by molar-refractivity contribution is 7.92. The van der Waals surface area contributed by atoms with Crippen molar-refractivity contribution in [1.82, 2.24) is 10.2 Å². The van der Waals surface area contributed by atoms with Crippen molar-refractivity contribution in [3.05, 3.63) is 38.9 Å². The fourth-order valence-electron chi connectivity index (χ4n) is 1.78. The number of anilines is 1. The van der Waals surface area contributed by atoms with E-state index in [0.29, 0.717) is 6.42 Å². The van der Waals surface area contributed by atoms with Gasteiger partial charge in [-0.25, -0.2) is 8.42 Å². The van der Waals surface area contributed by atoms with Crippen molar-refractivity contribution in [3.8, 4) is 0 Å². The molecule has 7 nitrogen and oxygen atoms in total. The number of fused-ring (bicyclic) bond motifs is 1. The van der Waals surface area contributed by atoms with E-state index in [4.69, 9.17) is 11.6 Å². The highest BCUT2D eigenvalue weighted by Gasteiger charge is 2.14. The zero-order valence-corrected chi connectivity index (χ0v) is 11.8. The molecule has 1 aromatic heterocycles. The lowest BCUT2D eigenvalue weighted by atomic mass is 10.2. The van der Waals surface area contributed by atoms with Crippen LogP contribution in [0, 0.1) is 0 Å². The van der Waals surface area contributed by atoms with Crippen molar-refractivity contribution in [1.29, 1.82) is 0 Å². The summed E-state index contributed by atoms with van der Waals surface area (Å²) >= 11 is 5.46. The summed E-state index contributed by atoms with van der Waals surface area (Å²) in [4.78, 5) is 23.4. The van der Waals surface area contributed by atoms with Crippen LogP contribution in [0.5, 0.6) is 0 Å². The van der Waals surface area contributed by atoms with Gasteiger partial charge in [0.1, 0.15) is 0 Å². The maximum absolute atomic E-state index is 11.8. The Morgan fingerprint density at radius 1 is 1.15 bits per heavy atom. The Labute approximate surface area is 119 Å². The Balaban J connectivity index is 2.54. The first-order chi connectivity index (χ1) is 9.44. The lowest BCUT2D eigenvalue weighted by Gasteiger charge is -2.09. The van der Waals surface area contributed by atoms with E-state index < -0.39 is 21.1 Å². The Morgan fingerprint density at radius 3 is 2.55 bits per heavy atom. The van der Waals surface area contributed by atoms with E-state index in [1.165, 1.54) is 18.2 Å². The van der Waals surface area contributed by atoms with Gasteiger partial charge >= 0.3 is 0 Å². The van der Waals surface area contributed by atoms with Gasteiger partial charge in [0.25, 0.3) is 11.1 Å². The third-order valence-corrected chi connectivity index (χ3v) is 4.26. The molecule has 0 fully saturated rings. The van der Waals surface area contributed by atoms with Gasteiger partial charge in [-0.05, 0) is 18.6 Å². The number of aromatic amines is 2. The van der Waals surface area contributed by atoms with Gasteiger partial charge in [-0.1, -0.05) is 6.07 Å². The lowest BCUT2D eigenvalue weighted by Crippen LogP contribution is -2.22. The van der Waals surface area contributed by atoms with Gasteiger partial charge in [-0.15, -0.1) is 11.6 Å². The molecule has 1 heterocycles. The van der Waals surface area contributed by atoms with Crippen molar-refractivity contribution in [2.45, 2.75) is 6.42 Å². The highest BCUT2D eigenvalue weighted by atomic mass is 35.5. The lowest BCUT2D eigenvalue weighted by molar-refractivity contribution is 0.600. The number of nitrogens with one attached hydrogen (secondary N) is 3. The second-order valence-corrected chi connectivity index (χ2v) is 6.32. The van der Waals surface area contributed by atoms with Crippen LogP contribution in [0.3, 0.4) is 0 Å². The van der Waals surface area contributed by atoms with E-state index in [1.807, 2.05) is 0 Å². The van der Waals surface area contributed by atoms with Crippen LogP contribution in [0.2, 0.25) is 0 Å². The van der Waals surface area contributed by atoms with Gasteiger partial charge < -0.3 is 0 Å². The molecular weight excluding hydrogens is 306 g/mol. The number of sulfonamides is 1. The molecule has 2 aromatic rings. The standard InChI is InChI=1S/C11H12ClN3O4S/c12-5-2-6-20(18,19)15-8-4-1-3-7-9(8)11(17)14-13-10(7)16/h1,3-4,15H,2,5-6H2,(H,13,16)(H,14,17). The number of hydrogen-bond donors (Lipinski definition) is 3. The van der Waals surface area contributed by atoms with E-state index in [9.17, 15) is 18.0 Å². The van der Waals surface area contributed by atoms with Crippen molar-refractivity contribution >= 4 is 38.1 Å². The first-order valence-electron chi connectivity index (χ1n) is 5.75. The smallest absolute Gasteiger partial charge is 0.272 e. The number of H-pyrrole nitrogens is 2. The van der Waals surface area contributed by atoms with Crippen LogP contribution >= 0.6 is 11.6 Å². The number of alkyl halides is 1. The maximum Gasteiger partial charge on any atom is 0.272 e. The van der Waals surface area contributed by atoms with Crippen LogP contribution in [-0.2, 0) is 10.0 Å². The minimum absolute atomic E-state index is 0.00528. The molecule has 0 bridgehead atoms. The number of aromatic nitrogens is 2. The minimum atomic E-state index is -3.62. The Hall–Kier alpha value is -1.80. The Bertz CT molecular complexity index is 841. The van der Waals surface area contributed by atoms with E-state index in [2.05, 4.69) is 14.9 Å². The average molecular weight is 318 g/mol. The zero-order valence-electron chi connectivity index (χ0n) is 10.3. The monoisotopic (exact) mass is 317 g/mol. The predicted octanol–water partition coefficient (Wildman–Crippen LogP) is 0.587. The summed E-state index contributed by atoms with van der Waals surface area (Å²) in [7, 11) is -3.62. The van der Waals surface area contributed by atoms with Crippen LogP contribution in [0.4, 0.5) is 5.69 Å². The van der Waals surface area contributed by atoms with Crippen LogP contribution in [0.15, 0.2) is 27.8 Å². The third-order valence-electron chi connectivity index (χ3n) is 2.64. The van der Waals surface area contributed by atoms with Crippen molar-refractivity contribution in [2.75, 3.05) is 16.4 Å². The second-order valence-electron chi connectivity index (χ2n) is 4.10. The van der Waals surface area contributed by atoms with Gasteiger partial charge in [0.15, 0.2) is 0 Å². The summed E-state index contributed by atoms with van der Waals surface area (Å²) in [6.07, 6.45) is 0.290. The fourth-order valence-corrected chi connectivity index (χ4v) is 3.20. The predicted molar refractivity (Wildman–Crippen MR) is 77.9 cm³/mol. The zero-order chi connectivity index (χ0) is 14.8. The van der Waals surface area contributed by atoms with E-state index in [1.54, 1.807) is 0 Å². The summed E-state index contributed by atoms with van der Waals surface area (Å²) in [5.41, 5.74) is -0.999.